The molecule has 4 rings (SSSR count). The molecule has 3 aromatic rings. The van der Waals surface area contributed by atoms with E-state index >= 15 is 0 Å². The lowest BCUT2D eigenvalue weighted by atomic mass is 10.1. The zero-order valence-corrected chi connectivity index (χ0v) is 17.6. The standard InChI is InChI=1S/C23H24BrN3O/c1-18-7-5-6-8-19(18)16-27-17-20(24)15-22(27)23(28)26-13-11-25(12-14-26)21-9-3-2-4-10-21/h2-10,15,17H,11-14,16H2,1H3. The van der Waals surface area contributed by atoms with Crippen molar-refractivity contribution in [2.45, 2.75) is 13.5 Å². The number of piperazine rings is 1. The number of para-hydroxylation sites is 1. The van der Waals surface area contributed by atoms with Crippen LogP contribution in [-0.4, -0.2) is 41.6 Å². The largest absolute Gasteiger partial charge is 0.368 e. The van der Waals surface area contributed by atoms with Gasteiger partial charge in [0.1, 0.15) is 5.69 Å². The van der Waals surface area contributed by atoms with Crippen LogP contribution in [0.3, 0.4) is 0 Å². The molecule has 0 spiro atoms. The molecule has 0 aliphatic carbocycles. The summed E-state index contributed by atoms with van der Waals surface area (Å²) in [5.41, 5.74) is 4.43. The Bertz CT molecular complexity index is 959. The van der Waals surface area contributed by atoms with E-state index in [1.165, 1.54) is 16.8 Å². The van der Waals surface area contributed by atoms with Gasteiger partial charge in [0.25, 0.3) is 5.91 Å². The topological polar surface area (TPSA) is 28.5 Å². The maximum atomic E-state index is 13.2. The molecule has 2 aromatic carbocycles. The molecule has 0 N–H and O–H groups in total. The Balaban J connectivity index is 1.48. The number of anilines is 1. The van der Waals surface area contributed by atoms with Crippen LogP contribution in [0.25, 0.3) is 0 Å². The molecule has 1 saturated heterocycles. The number of halogens is 1. The molecular formula is C23H24BrN3O. The maximum absolute atomic E-state index is 13.2. The highest BCUT2D eigenvalue weighted by molar-refractivity contribution is 9.10. The molecule has 0 radical (unpaired) electrons. The lowest BCUT2D eigenvalue weighted by Gasteiger charge is -2.36. The Kier molecular flexibility index (Phi) is 5.53. The molecule has 1 aliphatic heterocycles. The summed E-state index contributed by atoms with van der Waals surface area (Å²) in [6.45, 7) is 5.99. The van der Waals surface area contributed by atoms with E-state index in [1.54, 1.807) is 0 Å². The molecule has 1 amide bonds. The molecule has 0 saturated carbocycles. The molecule has 0 atom stereocenters. The quantitative estimate of drug-likeness (QED) is 0.597. The third-order valence-corrected chi connectivity index (χ3v) is 5.81. The SMILES string of the molecule is Cc1ccccc1Cn1cc(Br)cc1C(=O)N1CCN(c2ccccc2)CC1. The molecule has 1 aromatic heterocycles. The van der Waals surface area contributed by atoms with E-state index in [-0.39, 0.29) is 5.91 Å². The van der Waals surface area contributed by atoms with Crippen molar-refractivity contribution in [3.63, 3.8) is 0 Å². The van der Waals surface area contributed by atoms with Gasteiger partial charge in [0, 0.05) is 49.1 Å². The summed E-state index contributed by atoms with van der Waals surface area (Å²) in [4.78, 5) is 17.5. The number of rotatable bonds is 4. The van der Waals surface area contributed by atoms with Crippen molar-refractivity contribution in [1.82, 2.24) is 9.47 Å². The van der Waals surface area contributed by atoms with Crippen molar-refractivity contribution < 1.29 is 4.79 Å². The molecular weight excluding hydrogens is 414 g/mol. The van der Waals surface area contributed by atoms with Crippen LogP contribution in [-0.2, 0) is 6.54 Å². The smallest absolute Gasteiger partial charge is 0.270 e. The number of hydrogen-bond acceptors (Lipinski definition) is 2. The number of benzene rings is 2. The summed E-state index contributed by atoms with van der Waals surface area (Å²) in [6, 6.07) is 20.7. The van der Waals surface area contributed by atoms with Gasteiger partial charge in [-0.3, -0.25) is 4.79 Å². The molecule has 144 valence electrons. The number of amides is 1. The monoisotopic (exact) mass is 437 g/mol. The van der Waals surface area contributed by atoms with Crippen LogP contribution in [0.1, 0.15) is 21.6 Å². The van der Waals surface area contributed by atoms with E-state index in [1.807, 2.05) is 35.4 Å². The van der Waals surface area contributed by atoms with Crippen molar-refractivity contribution in [1.29, 1.82) is 0 Å². The van der Waals surface area contributed by atoms with Crippen molar-refractivity contribution >= 4 is 27.5 Å². The van der Waals surface area contributed by atoms with E-state index in [9.17, 15) is 4.79 Å². The van der Waals surface area contributed by atoms with E-state index in [0.29, 0.717) is 6.54 Å². The Hall–Kier alpha value is -2.53. The Morgan fingerprint density at radius 1 is 0.964 bits per heavy atom. The van der Waals surface area contributed by atoms with Gasteiger partial charge in [-0.05, 0) is 52.2 Å². The zero-order chi connectivity index (χ0) is 19.5. The second-order valence-electron chi connectivity index (χ2n) is 7.21. The minimum absolute atomic E-state index is 0.104. The highest BCUT2D eigenvalue weighted by Gasteiger charge is 2.25. The molecule has 4 nitrogen and oxygen atoms in total. The minimum Gasteiger partial charge on any atom is -0.368 e. The fourth-order valence-electron chi connectivity index (χ4n) is 3.72. The van der Waals surface area contributed by atoms with E-state index in [4.69, 9.17) is 0 Å². The molecule has 0 unspecified atom stereocenters. The zero-order valence-electron chi connectivity index (χ0n) is 16.0. The van der Waals surface area contributed by atoms with Crippen LogP contribution in [0.15, 0.2) is 71.3 Å². The third kappa shape index (κ3) is 3.99. The van der Waals surface area contributed by atoms with Crippen LogP contribution >= 0.6 is 15.9 Å². The first-order valence-corrected chi connectivity index (χ1v) is 10.4. The average molecular weight is 438 g/mol. The van der Waals surface area contributed by atoms with Gasteiger partial charge in [0.2, 0.25) is 0 Å². The number of aryl methyl sites for hydroxylation is 1. The van der Waals surface area contributed by atoms with E-state index in [2.05, 4.69) is 68.7 Å². The van der Waals surface area contributed by atoms with Crippen LogP contribution in [0.2, 0.25) is 0 Å². The van der Waals surface area contributed by atoms with Gasteiger partial charge in [-0.25, -0.2) is 0 Å². The number of nitrogens with zero attached hydrogens (tertiary/aromatic N) is 3. The van der Waals surface area contributed by atoms with Crippen molar-refractivity contribution in [2.75, 3.05) is 31.1 Å². The van der Waals surface area contributed by atoms with Crippen molar-refractivity contribution in [2.24, 2.45) is 0 Å². The number of carbonyl (C=O) groups is 1. The summed E-state index contributed by atoms with van der Waals surface area (Å²) in [7, 11) is 0. The molecule has 5 heteroatoms. The highest BCUT2D eigenvalue weighted by atomic mass is 79.9. The van der Waals surface area contributed by atoms with Gasteiger partial charge < -0.3 is 14.4 Å². The number of hydrogen-bond donors (Lipinski definition) is 0. The summed E-state index contributed by atoms with van der Waals surface area (Å²) >= 11 is 3.55. The summed E-state index contributed by atoms with van der Waals surface area (Å²) < 4.78 is 2.99. The van der Waals surface area contributed by atoms with Gasteiger partial charge in [-0.1, -0.05) is 42.5 Å². The third-order valence-electron chi connectivity index (χ3n) is 5.37. The Morgan fingerprint density at radius 3 is 2.36 bits per heavy atom. The Labute approximate surface area is 174 Å². The van der Waals surface area contributed by atoms with Gasteiger partial charge in [-0.15, -0.1) is 0 Å². The second-order valence-corrected chi connectivity index (χ2v) is 8.13. The molecule has 1 fully saturated rings. The van der Waals surface area contributed by atoms with Crippen molar-refractivity contribution in [3.8, 4) is 0 Å². The lowest BCUT2D eigenvalue weighted by Crippen LogP contribution is -2.49. The average Bonchev–Trinajstić information content (AvgIpc) is 3.10. The molecule has 2 heterocycles. The lowest BCUT2D eigenvalue weighted by molar-refractivity contribution is 0.0736. The van der Waals surface area contributed by atoms with Gasteiger partial charge in [-0.2, -0.15) is 0 Å². The van der Waals surface area contributed by atoms with Gasteiger partial charge in [0.15, 0.2) is 0 Å². The van der Waals surface area contributed by atoms with Crippen LogP contribution in [0.5, 0.6) is 0 Å². The normalized spacial score (nSPS) is 14.4. The summed E-state index contributed by atoms with van der Waals surface area (Å²) in [5, 5.41) is 0. The highest BCUT2D eigenvalue weighted by Crippen LogP contribution is 2.21. The van der Waals surface area contributed by atoms with Crippen LogP contribution in [0.4, 0.5) is 5.69 Å². The van der Waals surface area contributed by atoms with Crippen LogP contribution < -0.4 is 4.90 Å². The van der Waals surface area contributed by atoms with Crippen LogP contribution in [0, 0.1) is 6.92 Å². The first kappa shape index (κ1) is 18.8. The fraction of sp³-hybridized carbons (Fsp3) is 0.261. The van der Waals surface area contributed by atoms with Gasteiger partial charge >= 0.3 is 0 Å². The fourth-order valence-corrected chi connectivity index (χ4v) is 4.19. The first-order chi connectivity index (χ1) is 13.6. The summed E-state index contributed by atoms with van der Waals surface area (Å²) in [5.74, 6) is 0.104. The predicted octanol–water partition coefficient (Wildman–Crippen LogP) is 4.57. The molecule has 0 bridgehead atoms. The predicted molar refractivity (Wildman–Crippen MR) is 117 cm³/mol. The molecule has 28 heavy (non-hydrogen) atoms. The second kappa shape index (κ2) is 8.23. The van der Waals surface area contributed by atoms with Crippen molar-refractivity contribution in [3.05, 3.63) is 88.2 Å². The maximum Gasteiger partial charge on any atom is 0.270 e. The van der Waals surface area contributed by atoms with E-state index in [0.717, 1.165) is 36.3 Å². The van der Waals surface area contributed by atoms with E-state index < -0.39 is 0 Å². The molecule has 1 aliphatic rings. The minimum atomic E-state index is 0.104. The first-order valence-electron chi connectivity index (χ1n) is 9.61. The summed E-state index contributed by atoms with van der Waals surface area (Å²) in [6.07, 6.45) is 2.00. The van der Waals surface area contributed by atoms with Gasteiger partial charge in [0.05, 0.1) is 0 Å². The number of aromatic nitrogens is 1. The Morgan fingerprint density at radius 2 is 1.64 bits per heavy atom. The number of carbonyl (C=O) groups excluding carboxylic acids is 1.